The zero-order valence-electron chi connectivity index (χ0n) is 10.8. The van der Waals surface area contributed by atoms with E-state index in [1.54, 1.807) is 7.11 Å². The van der Waals surface area contributed by atoms with Crippen LogP contribution in [-0.4, -0.2) is 48.1 Å². The third kappa shape index (κ3) is 2.84. The van der Waals surface area contributed by atoms with E-state index >= 15 is 0 Å². The SMILES string of the molecule is COC[C@H]1C[C@@H](NC(=O)C2CCCC2)[C@H](O)[C@@H]1O. The molecule has 5 nitrogen and oxygen atoms in total. The quantitative estimate of drug-likeness (QED) is 0.665. The lowest BCUT2D eigenvalue weighted by Gasteiger charge is -2.20. The van der Waals surface area contributed by atoms with E-state index in [-0.39, 0.29) is 23.8 Å². The second-order valence-corrected chi connectivity index (χ2v) is 5.53. The fraction of sp³-hybridized carbons (Fsp3) is 0.923. The van der Waals surface area contributed by atoms with E-state index in [2.05, 4.69) is 5.32 Å². The Labute approximate surface area is 108 Å². The Bertz CT molecular complexity index is 291. The Morgan fingerprint density at radius 1 is 1.28 bits per heavy atom. The van der Waals surface area contributed by atoms with Crippen LogP contribution in [0.1, 0.15) is 32.1 Å². The van der Waals surface area contributed by atoms with E-state index in [1.165, 1.54) is 0 Å². The first kappa shape index (κ1) is 13.8. The number of aliphatic hydroxyl groups is 2. The molecule has 4 atom stereocenters. The van der Waals surface area contributed by atoms with Crippen molar-refractivity contribution in [3.63, 3.8) is 0 Å². The van der Waals surface area contributed by atoms with Crippen LogP contribution in [0.25, 0.3) is 0 Å². The van der Waals surface area contributed by atoms with Crippen LogP contribution in [0.15, 0.2) is 0 Å². The van der Waals surface area contributed by atoms with Crippen molar-refractivity contribution in [1.82, 2.24) is 5.32 Å². The summed E-state index contributed by atoms with van der Waals surface area (Å²) in [5.74, 6) is 0.0245. The van der Waals surface area contributed by atoms with Gasteiger partial charge in [-0.2, -0.15) is 0 Å². The van der Waals surface area contributed by atoms with Crippen LogP contribution in [0, 0.1) is 11.8 Å². The van der Waals surface area contributed by atoms with Gasteiger partial charge in [-0.15, -0.1) is 0 Å². The van der Waals surface area contributed by atoms with E-state index in [4.69, 9.17) is 4.74 Å². The molecule has 0 bridgehead atoms. The van der Waals surface area contributed by atoms with E-state index in [9.17, 15) is 15.0 Å². The number of aliphatic hydroxyl groups excluding tert-OH is 2. The van der Waals surface area contributed by atoms with Crippen molar-refractivity contribution in [3.05, 3.63) is 0 Å². The van der Waals surface area contributed by atoms with Gasteiger partial charge in [-0.3, -0.25) is 4.79 Å². The van der Waals surface area contributed by atoms with Crippen LogP contribution in [0.4, 0.5) is 0 Å². The van der Waals surface area contributed by atoms with Gasteiger partial charge in [0.2, 0.25) is 5.91 Å². The minimum absolute atomic E-state index is 0.0295. The number of methoxy groups -OCH3 is 1. The Morgan fingerprint density at radius 3 is 2.56 bits per heavy atom. The molecule has 0 aromatic carbocycles. The van der Waals surface area contributed by atoms with Crippen molar-refractivity contribution >= 4 is 5.91 Å². The van der Waals surface area contributed by atoms with Gasteiger partial charge in [-0.1, -0.05) is 12.8 Å². The number of rotatable bonds is 4. The summed E-state index contributed by atoms with van der Waals surface area (Å²) in [5.41, 5.74) is 0. The highest BCUT2D eigenvalue weighted by Crippen LogP contribution is 2.29. The first-order valence-corrected chi connectivity index (χ1v) is 6.79. The lowest BCUT2D eigenvalue weighted by molar-refractivity contribution is -0.126. The molecule has 0 aliphatic heterocycles. The van der Waals surface area contributed by atoms with Crippen LogP contribution in [0.2, 0.25) is 0 Å². The number of hydrogen-bond donors (Lipinski definition) is 3. The number of nitrogens with one attached hydrogen (secondary N) is 1. The summed E-state index contributed by atoms with van der Waals surface area (Å²) in [7, 11) is 1.57. The zero-order valence-corrected chi connectivity index (χ0v) is 10.8. The summed E-state index contributed by atoms with van der Waals surface area (Å²) in [6.07, 6.45) is 3.00. The van der Waals surface area contributed by atoms with Gasteiger partial charge in [0.25, 0.3) is 0 Å². The lowest BCUT2D eigenvalue weighted by Crippen LogP contribution is -2.45. The van der Waals surface area contributed by atoms with E-state index in [1.807, 2.05) is 0 Å². The number of hydrogen-bond acceptors (Lipinski definition) is 4. The molecule has 0 spiro atoms. The number of carbonyl (C=O) groups excluding carboxylic acids is 1. The average molecular weight is 257 g/mol. The number of amides is 1. The van der Waals surface area contributed by atoms with Crippen LogP contribution >= 0.6 is 0 Å². The predicted octanol–water partition coefficient (Wildman–Crippen LogP) is 0.0495. The van der Waals surface area contributed by atoms with Gasteiger partial charge in [-0.05, 0) is 19.3 Å². The molecule has 2 rings (SSSR count). The minimum Gasteiger partial charge on any atom is -0.390 e. The summed E-state index contributed by atoms with van der Waals surface area (Å²) in [6.45, 7) is 0.411. The maximum Gasteiger partial charge on any atom is 0.223 e. The molecule has 0 aromatic rings. The van der Waals surface area contributed by atoms with Gasteiger partial charge in [0.1, 0.15) is 6.10 Å². The zero-order chi connectivity index (χ0) is 13.1. The monoisotopic (exact) mass is 257 g/mol. The Balaban J connectivity index is 1.87. The van der Waals surface area contributed by atoms with Crippen LogP contribution in [0.5, 0.6) is 0 Å². The van der Waals surface area contributed by atoms with Crippen molar-refractivity contribution in [2.75, 3.05) is 13.7 Å². The molecule has 0 aromatic heterocycles. The highest BCUT2D eigenvalue weighted by Gasteiger charge is 2.42. The van der Waals surface area contributed by atoms with Gasteiger partial charge < -0.3 is 20.3 Å². The number of carbonyl (C=O) groups is 1. The third-order valence-corrected chi connectivity index (χ3v) is 4.24. The van der Waals surface area contributed by atoms with Crippen LogP contribution in [-0.2, 0) is 9.53 Å². The molecule has 2 aliphatic rings. The second-order valence-electron chi connectivity index (χ2n) is 5.53. The van der Waals surface area contributed by atoms with Crippen LogP contribution < -0.4 is 5.32 Å². The van der Waals surface area contributed by atoms with E-state index in [0.717, 1.165) is 25.7 Å². The van der Waals surface area contributed by atoms with Gasteiger partial charge in [0, 0.05) is 18.9 Å². The summed E-state index contributed by atoms with van der Waals surface area (Å²) in [5, 5.41) is 22.7. The summed E-state index contributed by atoms with van der Waals surface area (Å²) in [4.78, 5) is 12.0. The third-order valence-electron chi connectivity index (χ3n) is 4.24. The van der Waals surface area contributed by atoms with Crippen molar-refractivity contribution in [1.29, 1.82) is 0 Å². The molecule has 0 radical (unpaired) electrons. The standard InChI is InChI=1S/C13H23NO4/c1-18-7-9-6-10(12(16)11(9)15)14-13(17)8-4-2-3-5-8/h8-12,15-16H,2-7H2,1H3,(H,14,17)/t9-,10-,11-,12+/m1/s1. The topological polar surface area (TPSA) is 78.8 Å². The summed E-state index contributed by atoms with van der Waals surface area (Å²) >= 11 is 0. The van der Waals surface area contributed by atoms with Crippen molar-refractivity contribution in [2.24, 2.45) is 11.8 Å². The van der Waals surface area contributed by atoms with Crippen molar-refractivity contribution in [2.45, 2.75) is 50.4 Å². The van der Waals surface area contributed by atoms with Gasteiger partial charge in [0.05, 0.1) is 18.8 Å². The molecule has 3 N–H and O–H groups in total. The predicted molar refractivity (Wildman–Crippen MR) is 65.9 cm³/mol. The maximum atomic E-state index is 12.0. The number of ether oxygens (including phenoxy) is 1. The maximum absolute atomic E-state index is 12.0. The van der Waals surface area contributed by atoms with Crippen LogP contribution in [0.3, 0.4) is 0 Å². The first-order chi connectivity index (χ1) is 8.63. The molecule has 2 fully saturated rings. The van der Waals surface area contributed by atoms with Crippen molar-refractivity contribution < 1.29 is 19.7 Å². The van der Waals surface area contributed by atoms with Gasteiger partial charge >= 0.3 is 0 Å². The molecular formula is C13H23NO4. The highest BCUT2D eigenvalue weighted by atomic mass is 16.5. The van der Waals surface area contributed by atoms with E-state index in [0.29, 0.717) is 13.0 Å². The highest BCUT2D eigenvalue weighted by molar-refractivity contribution is 5.79. The molecule has 104 valence electrons. The summed E-state index contributed by atoms with van der Waals surface area (Å²) < 4.78 is 5.01. The average Bonchev–Trinajstić information content (AvgIpc) is 2.95. The molecule has 18 heavy (non-hydrogen) atoms. The first-order valence-electron chi connectivity index (χ1n) is 6.79. The normalized spacial score (nSPS) is 37.1. The molecule has 5 heteroatoms. The lowest BCUT2D eigenvalue weighted by atomic mass is 10.1. The van der Waals surface area contributed by atoms with Crippen molar-refractivity contribution in [3.8, 4) is 0 Å². The fourth-order valence-electron chi connectivity index (χ4n) is 3.14. The van der Waals surface area contributed by atoms with Gasteiger partial charge in [-0.25, -0.2) is 0 Å². The Morgan fingerprint density at radius 2 is 1.94 bits per heavy atom. The fourth-order valence-corrected chi connectivity index (χ4v) is 3.14. The Hall–Kier alpha value is -0.650. The minimum atomic E-state index is -0.879. The molecule has 2 saturated carbocycles. The largest absolute Gasteiger partial charge is 0.390 e. The second kappa shape index (κ2) is 5.99. The van der Waals surface area contributed by atoms with E-state index < -0.39 is 12.2 Å². The molecule has 0 unspecified atom stereocenters. The smallest absolute Gasteiger partial charge is 0.223 e. The molecular weight excluding hydrogens is 234 g/mol. The molecule has 0 heterocycles. The molecule has 1 amide bonds. The summed E-state index contributed by atoms with van der Waals surface area (Å²) in [6, 6.07) is -0.340. The Kier molecular flexibility index (Phi) is 4.59. The van der Waals surface area contributed by atoms with Gasteiger partial charge in [0.15, 0.2) is 0 Å². The molecule has 0 saturated heterocycles. The molecule has 2 aliphatic carbocycles.